The number of fused-ring (bicyclic) bond motifs is 1. The number of aromatic nitrogens is 3. The predicted octanol–water partition coefficient (Wildman–Crippen LogP) is 3.01. The zero-order valence-electron chi connectivity index (χ0n) is 16.1. The summed E-state index contributed by atoms with van der Waals surface area (Å²) in [5.41, 5.74) is 6.11. The van der Waals surface area contributed by atoms with Gasteiger partial charge in [0.25, 0.3) is 0 Å². The number of anilines is 1. The zero-order valence-corrected chi connectivity index (χ0v) is 16.1. The number of hydrogen-bond acceptors (Lipinski definition) is 8. The fourth-order valence-electron chi connectivity index (χ4n) is 3.33. The number of hydrogen-bond donors (Lipinski definition) is 1. The molecule has 0 spiro atoms. The summed E-state index contributed by atoms with van der Waals surface area (Å²) in [6, 6.07) is 5.81. The van der Waals surface area contributed by atoms with E-state index >= 15 is 0 Å². The average Bonchev–Trinajstić information content (AvgIpc) is 3.33. The van der Waals surface area contributed by atoms with Crippen LogP contribution in [0.5, 0.6) is 0 Å². The molecule has 2 aromatic heterocycles. The third-order valence-corrected chi connectivity index (χ3v) is 5.24. The Bertz CT molecular complexity index is 873. The third kappa shape index (κ3) is 4.02. The maximum absolute atomic E-state index is 11.9. The molecule has 9 nitrogen and oxygen atoms in total. The Morgan fingerprint density at radius 2 is 2.25 bits per heavy atom. The molecule has 2 N–H and O–H groups in total. The van der Waals surface area contributed by atoms with E-state index < -0.39 is 11.8 Å². The lowest BCUT2D eigenvalue weighted by Gasteiger charge is -2.21. The van der Waals surface area contributed by atoms with Crippen molar-refractivity contribution in [1.82, 2.24) is 14.6 Å². The molecule has 0 bridgehead atoms. The Hall–Kier alpha value is -2.86. The first-order valence-electron chi connectivity index (χ1n) is 9.48. The van der Waals surface area contributed by atoms with Gasteiger partial charge in [-0.25, -0.2) is 14.3 Å². The van der Waals surface area contributed by atoms with Crippen LogP contribution in [0.2, 0.25) is 0 Å². The molecule has 9 heteroatoms. The molecule has 28 heavy (non-hydrogen) atoms. The molecule has 1 fully saturated rings. The van der Waals surface area contributed by atoms with E-state index in [0.29, 0.717) is 36.7 Å². The molecule has 150 valence electrons. The van der Waals surface area contributed by atoms with E-state index in [1.165, 1.54) is 6.33 Å². The van der Waals surface area contributed by atoms with Gasteiger partial charge in [0.2, 0.25) is 0 Å². The van der Waals surface area contributed by atoms with Gasteiger partial charge in [-0.15, -0.1) is 0 Å². The Balaban J connectivity index is 1.62. The highest BCUT2D eigenvalue weighted by Crippen LogP contribution is 2.40. The van der Waals surface area contributed by atoms with Crippen molar-refractivity contribution in [1.29, 1.82) is 5.26 Å². The van der Waals surface area contributed by atoms with Gasteiger partial charge in [0.05, 0.1) is 12.3 Å². The molecule has 1 aliphatic heterocycles. The molecule has 3 heterocycles. The number of nitrogen functional groups attached to an aromatic ring is 1. The highest BCUT2D eigenvalue weighted by atomic mass is 16.7. The number of nitriles is 1. The second-order valence-corrected chi connectivity index (χ2v) is 6.98. The molecule has 0 aromatic carbocycles. The van der Waals surface area contributed by atoms with E-state index in [9.17, 15) is 10.1 Å². The minimum absolute atomic E-state index is 0.178. The summed E-state index contributed by atoms with van der Waals surface area (Å²) in [4.78, 5) is 15.8. The Kier molecular flexibility index (Phi) is 5.99. The van der Waals surface area contributed by atoms with Crippen molar-refractivity contribution in [3.05, 3.63) is 24.2 Å². The van der Waals surface area contributed by atoms with E-state index in [0.717, 1.165) is 18.5 Å². The van der Waals surface area contributed by atoms with E-state index in [2.05, 4.69) is 16.2 Å². The van der Waals surface area contributed by atoms with Crippen molar-refractivity contribution < 1.29 is 19.0 Å². The van der Waals surface area contributed by atoms with Crippen LogP contribution in [0, 0.1) is 17.2 Å². The van der Waals surface area contributed by atoms with Gasteiger partial charge in [-0.1, -0.05) is 26.7 Å². The SMILES string of the molecule is CCC(CC)COC(=O)OC[C@]1(C#N)CCC(c2ccc3c(N)ncnn23)O1. The monoisotopic (exact) mass is 387 g/mol. The van der Waals surface area contributed by atoms with Crippen LogP contribution in [0.1, 0.15) is 51.3 Å². The van der Waals surface area contributed by atoms with Crippen molar-refractivity contribution in [3.63, 3.8) is 0 Å². The Morgan fingerprint density at radius 1 is 1.46 bits per heavy atom. The van der Waals surface area contributed by atoms with Gasteiger partial charge in [0, 0.05) is 0 Å². The standard InChI is InChI=1S/C19H25N5O4/c1-3-13(4-2)9-26-18(25)27-11-19(10-20)8-7-16(28-19)14-5-6-15-17(21)22-12-23-24(14)15/h5-6,12-13,16H,3-4,7-9,11H2,1-2H3,(H2,21,22,23)/t16?,19-/m1/s1. The van der Waals surface area contributed by atoms with E-state index in [1.54, 1.807) is 4.52 Å². The van der Waals surface area contributed by atoms with Crippen LogP contribution < -0.4 is 5.73 Å². The molecule has 0 saturated carbocycles. The first-order valence-corrected chi connectivity index (χ1v) is 9.48. The van der Waals surface area contributed by atoms with E-state index in [-0.39, 0.29) is 12.7 Å². The molecule has 0 aliphatic carbocycles. The predicted molar refractivity (Wildman–Crippen MR) is 100 cm³/mol. The normalized spacial score (nSPS) is 21.7. The molecule has 1 saturated heterocycles. The van der Waals surface area contributed by atoms with Crippen molar-refractivity contribution in [2.45, 2.75) is 51.2 Å². The van der Waals surface area contributed by atoms with Crippen LogP contribution in [0.25, 0.3) is 5.52 Å². The molecular formula is C19H25N5O4. The van der Waals surface area contributed by atoms with Crippen LogP contribution in [0.3, 0.4) is 0 Å². The van der Waals surface area contributed by atoms with Gasteiger partial charge in [-0.05, 0) is 30.9 Å². The lowest BCUT2D eigenvalue weighted by molar-refractivity contribution is -0.0564. The van der Waals surface area contributed by atoms with Gasteiger partial charge < -0.3 is 19.9 Å². The summed E-state index contributed by atoms with van der Waals surface area (Å²) in [6.07, 6.45) is 3.11. The quantitative estimate of drug-likeness (QED) is 0.719. The van der Waals surface area contributed by atoms with Crippen LogP contribution in [-0.4, -0.2) is 39.6 Å². The van der Waals surface area contributed by atoms with Crippen LogP contribution >= 0.6 is 0 Å². The van der Waals surface area contributed by atoms with Gasteiger partial charge in [-0.2, -0.15) is 10.4 Å². The first kappa shape index (κ1) is 19.9. The molecule has 0 amide bonds. The molecule has 3 rings (SSSR count). The molecule has 2 aromatic rings. The average molecular weight is 387 g/mol. The van der Waals surface area contributed by atoms with Crippen LogP contribution in [0.4, 0.5) is 10.6 Å². The number of rotatable bonds is 7. The second kappa shape index (κ2) is 8.44. The lowest BCUT2D eigenvalue weighted by atomic mass is 10.0. The molecule has 1 aliphatic rings. The van der Waals surface area contributed by atoms with E-state index in [1.807, 2.05) is 26.0 Å². The minimum Gasteiger partial charge on any atom is -0.434 e. The summed E-state index contributed by atoms with van der Waals surface area (Å²) in [5.74, 6) is 0.677. The summed E-state index contributed by atoms with van der Waals surface area (Å²) in [5, 5.41) is 13.8. The van der Waals surface area contributed by atoms with Gasteiger partial charge in [0.1, 0.15) is 30.6 Å². The van der Waals surface area contributed by atoms with Gasteiger partial charge in [0.15, 0.2) is 11.4 Å². The van der Waals surface area contributed by atoms with Gasteiger partial charge >= 0.3 is 6.16 Å². The van der Waals surface area contributed by atoms with Crippen molar-refractivity contribution in [3.8, 4) is 6.07 Å². The topological polar surface area (TPSA) is 125 Å². The smallest absolute Gasteiger partial charge is 0.434 e. The van der Waals surface area contributed by atoms with E-state index in [4.69, 9.17) is 19.9 Å². The summed E-state index contributed by atoms with van der Waals surface area (Å²) < 4.78 is 18.0. The summed E-state index contributed by atoms with van der Waals surface area (Å²) >= 11 is 0. The lowest BCUT2D eigenvalue weighted by Crippen LogP contribution is -2.34. The number of ether oxygens (including phenoxy) is 3. The van der Waals surface area contributed by atoms with Crippen molar-refractivity contribution >= 4 is 17.5 Å². The number of nitrogens with zero attached hydrogens (tertiary/aromatic N) is 4. The fourth-order valence-corrected chi connectivity index (χ4v) is 3.33. The molecule has 0 radical (unpaired) electrons. The highest BCUT2D eigenvalue weighted by molar-refractivity contribution is 5.65. The maximum Gasteiger partial charge on any atom is 0.508 e. The number of carbonyl (C=O) groups is 1. The Labute approximate surface area is 163 Å². The molecule has 1 unspecified atom stereocenters. The highest BCUT2D eigenvalue weighted by Gasteiger charge is 2.43. The largest absolute Gasteiger partial charge is 0.508 e. The van der Waals surface area contributed by atoms with Crippen molar-refractivity contribution in [2.75, 3.05) is 18.9 Å². The number of nitrogens with two attached hydrogens (primary N) is 1. The Morgan fingerprint density at radius 3 is 2.96 bits per heavy atom. The minimum atomic E-state index is -1.21. The number of carbonyl (C=O) groups excluding carboxylic acids is 1. The molecule has 2 atom stereocenters. The summed E-state index contributed by atoms with van der Waals surface area (Å²) in [7, 11) is 0. The third-order valence-electron chi connectivity index (χ3n) is 5.24. The molecular weight excluding hydrogens is 362 g/mol. The second-order valence-electron chi connectivity index (χ2n) is 6.98. The maximum atomic E-state index is 11.9. The zero-order chi connectivity index (χ0) is 20.1. The van der Waals surface area contributed by atoms with Gasteiger partial charge in [-0.3, -0.25) is 0 Å². The van der Waals surface area contributed by atoms with Crippen LogP contribution in [-0.2, 0) is 14.2 Å². The fraction of sp³-hybridized carbons (Fsp3) is 0.579. The van der Waals surface area contributed by atoms with Crippen LogP contribution in [0.15, 0.2) is 18.5 Å². The first-order chi connectivity index (χ1) is 13.5. The summed E-state index contributed by atoms with van der Waals surface area (Å²) in [6.45, 7) is 4.22. The van der Waals surface area contributed by atoms with Crippen molar-refractivity contribution in [2.24, 2.45) is 5.92 Å².